The second-order valence-corrected chi connectivity index (χ2v) is 4.04. The summed E-state index contributed by atoms with van der Waals surface area (Å²) in [4.78, 5) is 0. The molecule has 19 heavy (non-hydrogen) atoms. The van der Waals surface area contributed by atoms with E-state index < -0.39 is 0 Å². The minimum atomic E-state index is 0.389. The molecule has 2 rings (SSSR count). The summed E-state index contributed by atoms with van der Waals surface area (Å²) in [5, 5.41) is 11.6. The fourth-order valence-electron chi connectivity index (χ4n) is 1.70. The van der Waals surface area contributed by atoms with Gasteiger partial charge in [-0.1, -0.05) is 54.2 Å². The number of para-hydroxylation sites is 1. The van der Waals surface area contributed by atoms with Gasteiger partial charge in [-0.15, -0.1) is 0 Å². The molecule has 1 N–H and O–H groups in total. The smallest absolute Gasteiger partial charge is 0.128 e. The molecule has 0 saturated carbocycles. The number of benzene rings is 2. The van der Waals surface area contributed by atoms with Crippen molar-refractivity contribution in [2.45, 2.75) is 0 Å². The predicted molar refractivity (Wildman–Crippen MR) is 76.8 cm³/mol. The Balaban J connectivity index is 2.05. The second kappa shape index (κ2) is 6.40. The average molecular weight is 253 g/mol. The van der Waals surface area contributed by atoms with Gasteiger partial charge in [0.2, 0.25) is 0 Å². The Bertz CT molecular complexity index is 576. The molecule has 0 unspecified atom stereocenters. The Kier molecular flexibility index (Phi) is 4.34. The first kappa shape index (κ1) is 12.9. The summed E-state index contributed by atoms with van der Waals surface area (Å²) in [5.74, 6) is 0.664. The molecular weight excluding hydrogens is 238 g/mol. The van der Waals surface area contributed by atoms with Gasteiger partial charge in [-0.3, -0.25) is 0 Å². The first-order chi connectivity index (χ1) is 9.31. The molecule has 96 valence electrons. The van der Waals surface area contributed by atoms with Crippen molar-refractivity contribution >= 4 is 11.8 Å². The van der Waals surface area contributed by atoms with Crippen molar-refractivity contribution in [3.63, 3.8) is 0 Å². The molecule has 0 fully saturated rings. The van der Waals surface area contributed by atoms with E-state index in [1.54, 1.807) is 0 Å². The van der Waals surface area contributed by atoms with Gasteiger partial charge in [0.1, 0.15) is 12.4 Å². The van der Waals surface area contributed by atoms with Gasteiger partial charge < -0.3 is 9.94 Å². The van der Waals surface area contributed by atoms with E-state index in [2.05, 4.69) is 11.7 Å². The Labute approximate surface area is 112 Å². The van der Waals surface area contributed by atoms with E-state index in [0.29, 0.717) is 12.4 Å². The van der Waals surface area contributed by atoms with Crippen LogP contribution in [0.15, 0.2) is 66.3 Å². The number of rotatable bonds is 5. The Morgan fingerprint density at radius 3 is 2.53 bits per heavy atom. The van der Waals surface area contributed by atoms with Crippen LogP contribution < -0.4 is 4.74 Å². The van der Waals surface area contributed by atoms with Crippen molar-refractivity contribution in [3.05, 3.63) is 72.3 Å². The van der Waals surface area contributed by atoms with Crippen LogP contribution in [0.4, 0.5) is 0 Å². The van der Waals surface area contributed by atoms with Crippen LogP contribution in [0.3, 0.4) is 0 Å². The van der Waals surface area contributed by atoms with Crippen LogP contribution in [-0.2, 0) is 0 Å². The van der Waals surface area contributed by atoms with E-state index in [9.17, 15) is 0 Å². The van der Waals surface area contributed by atoms with Gasteiger partial charge in [-0.25, -0.2) is 0 Å². The third-order valence-electron chi connectivity index (χ3n) is 2.70. The second-order valence-electron chi connectivity index (χ2n) is 4.04. The maximum Gasteiger partial charge on any atom is 0.128 e. The third-order valence-corrected chi connectivity index (χ3v) is 2.70. The summed E-state index contributed by atoms with van der Waals surface area (Å²) in [6.45, 7) is 4.40. The summed E-state index contributed by atoms with van der Waals surface area (Å²) in [7, 11) is 0. The molecule has 0 bridgehead atoms. The fourth-order valence-corrected chi connectivity index (χ4v) is 1.70. The van der Waals surface area contributed by atoms with Crippen LogP contribution in [0.5, 0.6) is 5.75 Å². The third kappa shape index (κ3) is 3.45. The lowest BCUT2D eigenvalue weighted by atomic mass is 10.1. The van der Waals surface area contributed by atoms with Gasteiger partial charge in [-0.2, -0.15) is 0 Å². The lowest BCUT2D eigenvalue weighted by Crippen LogP contribution is -2.01. The topological polar surface area (TPSA) is 41.8 Å². The molecule has 0 saturated heterocycles. The van der Waals surface area contributed by atoms with E-state index in [1.165, 1.54) is 6.21 Å². The SMILES string of the molecule is C=C(COc1ccccc1/C=N/O)c1ccccc1. The van der Waals surface area contributed by atoms with Crippen molar-refractivity contribution in [1.82, 2.24) is 0 Å². The highest BCUT2D eigenvalue weighted by molar-refractivity contribution is 5.83. The highest BCUT2D eigenvalue weighted by Gasteiger charge is 2.03. The van der Waals surface area contributed by atoms with Crippen LogP contribution in [-0.4, -0.2) is 18.0 Å². The predicted octanol–water partition coefficient (Wildman–Crippen LogP) is 3.59. The first-order valence-electron chi connectivity index (χ1n) is 5.93. The average Bonchev–Trinajstić information content (AvgIpc) is 2.47. The zero-order chi connectivity index (χ0) is 13.5. The summed E-state index contributed by atoms with van der Waals surface area (Å²) in [6.07, 6.45) is 1.35. The molecule has 0 aliphatic rings. The van der Waals surface area contributed by atoms with Crippen molar-refractivity contribution in [3.8, 4) is 5.75 Å². The van der Waals surface area contributed by atoms with E-state index in [1.807, 2.05) is 54.6 Å². The molecular formula is C16H15NO2. The maximum atomic E-state index is 8.60. The zero-order valence-electron chi connectivity index (χ0n) is 10.5. The summed E-state index contributed by atoms with van der Waals surface area (Å²) < 4.78 is 5.70. The molecule has 0 spiro atoms. The Morgan fingerprint density at radius 2 is 1.79 bits per heavy atom. The molecule has 0 radical (unpaired) electrons. The van der Waals surface area contributed by atoms with Gasteiger partial charge >= 0.3 is 0 Å². The molecule has 3 heteroatoms. The van der Waals surface area contributed by atoms with Crippen molar-refractivity contribution < 1.29 is 9.94 Å². The number of oxime groups is 1. The molecule has 0 aromatic heterocycles. The van der Waals surface area contributed by atoms with E-state index in [-0.39, 0.29) is 0 Å². The number of ether oxygens (including phenoxy) is 1. The van der Waals surface area contributed by atoms with Gasteiger partial charge in [0.05, 0.1) is 6.21 Å². The van der Waals surface area contributed by atoms with Crippen LogP contribution in [0.1, 0.15) is 11.1 Å². The number of hydrogen-bond acceptors (Lipinski definition) is 3. The van der Waals surface area contributed by atoms with E-state index >= 15 is 0 Å². The van der Waals surface area contributed by atoms with Crippen LogP contribution in [0.25, 0.3) is 5.57 Å². The molecule has 0 aliphatic carbocycles. The molecule has 0 amide bonds. The van der Waals surface area contributed by atoms with Gasteiger partial charge in [0.25, 0.3) is 0 Å². The van der Waals surface area contributed by atoms with Gasteiger partial charge in [-0.05, 0) is 23.3 Å². The summed E-state index contributed by atoms with van der Waals surface area (Å²) in [5.41, 5.74) is 2.68. The van der Waals surface area contributed by atoms with Crippen LogP contribution in [0.2, 0.25) is 0 Å². The molecule has 0 atom stereocenters. The maximum absolute atomic E-state index is 8.60. The number of hydrogen-bond donors (Lipinski definition) is 1. The van der Waals surface area contributed by atoms with Crippen molar-refractivity contribution in [2.75, 3.05) is 6.61 Å². The lowest BCUT2D eigenvalue weighted by molar-refractivity contribution is 0.321. The molecule has 3 nitrogen and oxygen atoms in total. The molecule has 0 heterocycles. The van der Waals surface area contributed by atoms with Crippen molar-refractivity contribution in [2.24, 2.45) is 5.16 Å². The largest absolute Gasteiger partial charge is 0.488 e. The fraction of sp³-hybridized carbons (Fsp3) is 0.0625. The normalized spacial score (nSPS) is 10.5. The van der Waals surface area contributed by atoms with E-state index in [0.717, 1.165) is 16.7 Å². The highest BCUT2D eigenvalue weighted by atomic mass is 16.5. The first-order valence-corrected chi connectivity index (χ1v) is 5.93. The number of nitrogens with zero attached hydrogens (tertiary/aromatic N) is 1. The van der Waals surface area contributed by atoms with Gasteiger partial charge in [0.15, 0.2) is 0 Å². The monoisotopic (exact) mass is 253 g/mol. The highest BCUT2D eigenvalue weighted by Crippen LogP contribution is 2.19. The van der Waals surface area contributed by atoms with Crippen LogP contribution in [0, 0.1) is 0 Å². The minimum absolute atomic E-state index is 0.389. The zero-order valence-corrected chi connectivity index (χ0v) is 10.5. The summed E-state index contributed by atoms with van der Waals surface area (Å²) >= 11 is 0. The van der Waals surface area contributed by atoms with Crippen molar-refractivity contribution in [1.29, 1.82) is 0 Å². The minimum Gasteiger partial charge on any atom is -0.488 e. The molecule has 2 aromatic rings. The lowest BCUT2D eigenvalue weighted by Gasteiger charge is -2.10. The molecule has 2 aromatic carbocycles. The van der Waals surface area contributed by atoms with E-state index in [4.69, 9.17) is 9.94 Å². The standard InChI is InChI=1S/C16H15NO2/c1-13(14-7-3-2-4-8-14)12-19-16-10-6-5-9-15(16)11-17-18/h2-11,18H,1,12H2/b17-11+. The van der Waals surface area contributed by atoms with Gasteiger partial charge in [0, 0.05) is 5.56 Å². The Hall–Kier alpha value is -2.55. The van der Waals surface area contributed by atoms with Crippen LogP contribution >= 0.6 is 0 Å². The molecule has 0 aliphatic heterocycles. The Morgan fingerprint density at radius 1 is 1.11 bits per heavy atom. The quantitative estimate of drug-likeness (QED) is 0.502. The summed E-state index contributed by atoms with van der Waals surface area (Å²) in [6, 6.07) is 17.3.